The number of carboxylic acid groups (broad SMARTS) is 1. The number of carbonyl (C=O) groups is 1. The van der Waals surface area contributed by atoms with Gasteiger partial charge in [0.2, 0.25) is 0 Å². The van der Waals surface area contributed by atoms with E-state index in [9.17, 15) is 4.79 Å². The van der Waals surface area contributed by atoms with E-state index in [0.717, 1.165) is 10.4 Å². The first-order chi connectivity index (χ1) is 6.27. The van der Waals surface area contributed by atoms with Gasteiger partial charge >= 0.3 is 6.09 Å². The molecule has 13 heavy (non-hydrogen) atoms. The van der Waals surface area contributed by atoms with E-state index in [4.69, 9.17) is 5.11 Å². The summed E-state index contributed by atoms with van der Waals surface area (Å²) in [6.07, 6.45) is 2.65. The van der Waals surface area contributed by atoms with Crippen LogP contribution in [0.2, 0.25) is 0 Å². The van der Waals surface area contributed by atoms with Gasteiger partial charge in [-0.1, -0.05) is 30.3 Å². The monoisotopic (exact) mass is 175 g/mol. The molecular weight excluding hydrogens is 166 g/mol. The first kappa shape index (κ1) is 7.86. The van der Waals surface area contributed by atoms with E-state index in [1.54, 1.807) is 6.20 Å². The van der Waals surface area contributed by atoms with Crippen molar-refractivity contribution in [2.24, 2.45) is 0 Å². The Hall–Kier alpha value is -1.77. The van der Waals surface area contributed by atoms with E-state index in [2.05, 4.69) is 0 Å². The van der Waals surface area contributed by atoms with Crippen LogP contribution in [0.25, 0.3) is 12.3 Å². The normalized spacial score (nSPS) is 14.0. The molecule has 1 aliphatic rings. The fraction of sp³-hybridized carbons (Fsp3) is 0.100. The van der Waals surface area contributed by atoms with Gasteiger partial charge in [-0.05, 0) is 10.4 Å². The zero-order valence-corrected chi connectivity index (χ0v) is 6.97. The van der Waals surface area contributed by atoms with E-state index in [-0.39, 0.29) is 0 Å². The summed E-state index contributed by atoms with van der Waals surface area (Å²) in [7, 11) is 0. The van der Waals surface area contributed by atoms with Crippen molar-refractivity contribution in [3.05, 3.63) is 34.7 Å². The first-order valence-corrected chi connectivity index (χ1v) is 4.04. The Bertz CT molecular complexity index is 450. The van der Waals surface area contributed by atoms with Gasteiger partial charge in [-0.15, -0.1) is 0 Å². The minimum absolute atomic E-state index is 0.437. The van der Waals surface area contributed by atoms with Crippen LogP contribution in [0.1, 0.15) is 0 Å². The predicted octanol–water partition coefficient (Wildman–Crippen LogP) is 0.199. The van der Waals surface area contributed by atoms with E-state index >= 15 is 0 Å². The van der Waals surface area contributed by atoms with Crippen molar-refractivity contribution in [3.8, 4) is 0 Å². The Labute approximate surface area is 75.2 Å². The second-order valence-electron chi connectivity index (χ2n) is 2.90. The minimum atomic E-state index is -0.911. The molecule has 0 atom stereocenters. The van der Waals surface area contributed by atoms with Crippen LogP contribution in [0, 0.1) is 0 Å². The quantitative estimate of drug-likeness (QED) is 0.612. The summed E-state index contributed by atoms with van der Waals surface area (Å²) in [5, 5.41) is 10.8. The van der Waals surface area contributed by atoms with E-state index in [1.807, 2.05) is 30.3 Å². The lowest BCUT2D eigenvalue weighted by Gasteiger charge is -2.14. The van der Waals surface area contributed by atoms with Crippen molar-refractivity contribution in [1.82, 2.24) is 4.90 Å². The van der Waals surface area contributed by atoms with Gasteiger partial charge in [-0.25, -0.2) is 4.79 Å². The summed E-state index contributed by atoms with van der Waals surface area (Å²) in [6, 6.07) is 7.72. The average Bonchev–Trinajstić information content (AvgIpc) is 2.17. The van der Waals surface area contributed by atoms with Gasteiger partial charge in [0.05, 0.1) is 0 Å². The molecule has 0 spiro atoms. The molecule has 2 rings (SSSR count). The van der Waals surface area contributed by atoms with Crippen LogP contribution >= 0.6 is 0 Å². The number of benzene rings is 1. The molecule has 0 aliphatic carbocycles. The molecule has 1 heterocycles. The highest BCUT2D eigenvalue weighted by Gasteiger charge is 2.08. The third kappa shape index (κ3) is 1.40. The molecule has 1 amide bonds. The lowest BCUT2D eigenvalue weighted by atomic mass is 10.2. The largest absolute Gasteiger partial charge is 0.465 e. The topological polar surface area (TPSA) is 40.5 Å². The number of hydrogen-bond acceptors (Lipinski definition) is 1. The molecule has 66 valence electrons. The molecule has 0 saturated carbocycles. The maximum Gasteiger partial charge on any atom is 0.411 e. The summed E-state index contributed by atoms with van der Waals surface area (Å²) < 4.78 is 0. The SMILES string of the molecule is O=C(O)N1C=c2ccccc2=CC1. The second-order valence-corrected chi connectivity index (χ2v) is 2.90. The van der Waals surface area contributed by atoms with Crippen molar-refractivity contribution in [3.63, 3.8) is 0 Å². The molecule has 1 aromatic carbocycles. The van der Waals surface area contributed by atoms with Crippen LogP contribution in [0.4, 0.5) is 4.79 Å². The lowest BCUT2D eigenvalue weighted by Crippen LogP contribution is -2.37. The van der Waals surface area contributed by atoms with E-state index in [0.29, 0.717) is 6.54 Å². The van der Waals surface area contributed by atoms with Gasteiger partial charge in [0.25, 0.3) is 0 Å². The fourth-order valence-electron chi connectivity index (χ4n) is 1.36. The van der Waals surface area contributed by atoms with Gasteiger partial charge in [0.1, 0.15) is 0 Å². The summed E-state index contributed by atoms with van der Waals surface area (Å²) in [5.74, 6) is 0. The van der Waals surface area contributed by atoms with Crippen LogP contribution in [-0.4, -0.2) is 22.6 Å². The van der Waals surface area contributed by atoms with E-state index < -0.39 is 6.09 Å². The molecule has 1 aliphatic heterocycles. The summed E-state index contributed by atoms with van der Waals surface area (Å²) in [6.45, 7) is 0.437. The highest BCUT2D eigenvalue weighted by atomic mass is 16.4. The number of hydrogen-bond donors (Lipinski definition) is 1. The number of nitrogens with zero attached hydrogens (tertiary/aromatic N) is 1. The third-order valence-electron chi connectivity index (χ3n) is 2.04. The third-order valence-corrected chi connectivity index (χ3v) is 2.04. The van der Waals surface area contributed by atoms with Crippen molar-refractivity contribution in [1.29, 1.82) is 0 Å². The van der Waals surface area contributed by atoms with Gasteiger partial charge in [0, 0.05) is 12.7 Å². The van der Waals surface area contributed by atoms with Gasteiger partial charge in [0.15, 0.2) is 0 Å². The lowest BCUT2D eigenvalue weighted by molar-refractivity contribution is 0.171. The molecule has 0 saturated heterocycles. The molecule has 1 N–H and O–H groups in total. The van der Waals surface area contributed by atoms with Crippen molar-refractivity contribution in [2.45, 2.75) is 0 Å². The highest BCUT2D eigenvalue weighted by molar-refractivity contribution is 5.72. The maximum atomic E-state index is 10.6. The zero-order chi connectivity index (χ0) is 9.26. The van der Waals surface area contributed by atoms with E-state index in [1.165, 1.54) is 4.90 Å². The Kier molecular flexibility index (Phi) is 1.77. The van der Waals surface area contributed by atoms with Crippen LogP contribution in [0.15, 0.2) is 24.3 Å². The number of amides is 1. The first-order valence-electron chi connectivity index (χ1n) is 4.04. The number of rotatable bonds is 0. The summed E-state index contributed by atoms with van der Waals surface area (Å²) >= 11 is 0. The van der Waals surface area contributed by atoms with Crippen molar-refractivity contribution in [2.75, 3.05) is 6.54 Å². The van der Waals surface area contributed by atoms with Crippen LogP contribution in [0.3, 0.4) is 0 Å². The highest BCUT2D eigenvalue weighted by Crippen LogP contribution is 1.93. The Morgan fingerprint density at radius 3 is 2.69 bits per heavy atom. The molecule has 3 heteroatoms. The second kappa shape index (κ2) is 2.94. The van der Waals surface area contributed by atoms with Gasteiger partial charge in [-0.3, -0.25) is 4.90 Å². The van der Waals surface area contributed by atoms with Crippen LogP contribution in [-0.2, 0) is 0 Å². The molecule has 0 radical (unpaired) electrons. The Morgan fingerprint density at radius 2 is 2.00 bits per heavy atom. The minimum Gasteiger partial charge on any atom is -0.465 e. The van der Waals surface area contributed by atoms with Crippen molar-refractivity contribution >= 4 is 18.4 Å². The maximum absolute atomic E-state index is 10.6. The Balaban J connectivity index is 2.55. The molecule has 0 bridgehead atoms. The summed E-state index contributed by atoms with van der Waals surface area (Å²) in [4.78, 5) is 11.9. The molecule has 0 fully saturated rings. The van der Waals surface area contributed by atoms with Gasteiger partial charge in [-0.2, -0.15) is 0 Å². The predicted molar refractivity (Wildman–Crippen MR) is 49.4 cm³/mol. The van der Waals surface area contributed by atoms with Crippen LogP contribution in [0.5, 0.6) is 0 Å². The smallest absolute Gasteiger partial charge is 0.411 e. The zero-order valence-electron chi connectivity index (χ0n) is 6.97. The van der Waals surface area contributed by atoms with Crippen LogP contribution < -0.4 is 10.4 Å². The number of fused-ring (bicyclic) bond motifs is 1. The average molecular weight is 175 g/mol. The standard InChI is InChI=1S/C10H9NO2/c12-10(13)11-6-5-8-3-1-2-4-9(8)7-11/h1-5,7H,6H2,(H,12,13). The Morgan fingerprint density at radius 1 is 1.31 bits per heavy atom. The molecule has 0 aromatic heterocycles. The summed E-state index contributed by atoms with van der Waals surface area (Å²) in [5.41, 5.74) is 0. The molecule has 0 unspecified atom stereocenters. The fourth-order valence-corrected chi connectivity index (χ4v) is 1.36. The molecular formula is C10H9NO2. The molecule has 3 nitrogen and oxygen atoms in total. The van der Waals surface area contributed by atoms with Crippen molar-refractivity contribution < 1.29 is 9.90 Å². The molecule has 1 aromatic rings. The van der Waals surface area contributed by atoms with Gasteiger partial charge < -0.3 is 5.11 Å².